The van der Waals surface area contributed by atoms with Gasteiger partial charge in [0.2, 0.25) is 0 Å². The lowest BCUT2D eigenvalue weighted by atomic mass is 10.0. The van der Waals surface area contributed by atoms with Crippen molar-refractivity contribution in [2.24, 2.45) is 5.92 Å². The summed E-state index contributed by atoms with van der Waals surface area (Å²) < 4.78 is 38.5. The topological polar surface area (TPSA) is 55.2 Å². The molecule has 21 heavy (non-hydrogen) atoms. The van der Waals surface area contributed by atoms with E-state index < -0.39 is 22.4 Å². The Morgan fingerprint density at radius 2 is 2.00 bits per heavy atom. The molecule has 1 saturated heterocycles. The Labute approximate surface area is 124 Å². The first kappa shape index (κ1) is 15.9. The molecule has 0 radical (unpaired) electrons. The zero-order valence-corrected chi connectivity index (χ0v) is 12.0. The highest BCUT2D eigenvalue weighted by atomic mass is 32.2. The first-order valence-electron chi connectivity index (χ1n) is 6.55. The van der Waals surface area contributed by atoms with E-state index in [1.807, 2.05) is 11.8 Å². The van der Waals surface area contributed by atoms with Gasteiger partial charge in [-0.25, -0.2) is 0 Å². The molecule has 0 spiro atoms. The summed E-state index contributed by atoms with van der Waals surface area (Å²) in [4.78, 5) is 9.66. The number of nitrogens with zero attached hydrogens (tertiary/aromatic N) is 1. The van der Waals surface area contributed by atoms with Crippen LogP contribution >= 0.6 is 11.8 Å². The predicted molar refractivity (Wildman–Crippen MR) is 76.6 cm³/mol. The van der Waals surface area contributed by atoms with Crippen molar-refractivity contribution >= 4 is 23.1 Å². The highest BCUT2D eigenvalue weighted by Gasteiger charge is 2.38. The third-order valence-corrected chi connectivity index (χ3v) is 4.48. The van der Waals surface area contributed by atoms with Crippen molar-refractivity contribution in [3.05, 3.63) is 33.9 Å². The van der Waals surface area contributed by atoms with Crippen LogP contribution < -0.4 is 5.32 Å². The van der Waals surface area contributed by atoms with Gasteiger partial charge in [-0.3, -0.25) is 10.1 Å². The third-order valence-electron chi connectivity index (χ3n) is 3.43. The Morgan fingerprint density at radius 1 is 1.33 bits per heavy atom. The van der Waals surface area contributed by atoms with Crippen molar-refractivity contribution in [3.63, 3.8) is 0 Å². The Morgan fingerprint density at radius 3 is 2.57 bits per heavy atom. The van der Waals surface area contributed by atoms with E-state index >= 15 is 0 Å². The molecule has 1 aromatic carbocycles. The summed E-state index contributed by atoms with van der Waals surface area (Å²) in [6.45, 7) is 0.593. The van der Waals surface area contributed by atoms with E-state index in [0.29, 0.717) is 12.5 Å². The van der Waals surface area contributed by atoms with Gasteiger partial charge in [0.15, 0.2) is 0 Å². The van der Waals surface area contributed by atoms with Crippen LogP contribution in [0.3, 0.4) is 0 Å². The number of thioether (sulfide) groups is 1. The average Bonchev–Trinajstić information content (AvgIpc) is 2.45. The van der Waals surface area contributed by atoms with E-state index in [-0.39, 0.29) is 5.69 Å². The lowest BCUT2D eigenvalue weighted by Crippen LogP contribution is -2.19. The second kappa shape index (κ2) is 6.55. The van der Waals surface area contributed by atoms with E-state index in [4.69, 9.17) is 0 Å². The average molecular weight is 320 g/mol. The highest BCUT2D eigenvalue weighted by molar-refractivity contribution is 7.99. The maximum Gasteiger partial charge on any atom is 0.423 e. The molecule has 0 atom stereocenters. The lowest BCUT2D eigenvalue weighted by Gasteiger charge is -2.22. The van der Waals surface area contributed by atoms with Gasteiger partial charge in [-0.1, -0.05) is 0 Å². The van der Waals surface area contributed by atoms with Crippen LogP contribution in [0.15, 0.2) is 18.2 Å². The minimum atomic E-state index is -4.73. The van der Waals surface area contributed by atoms with Gasteiger partial charge in [0.25, 0.3) is 5.69 Å². The van der Waals surface area contributed by atoms with Crippen molar-refractivity contribution in [1.82, 2.24) is 0 Å². The summed E-state index contributed by atoms with van der Waals surface area (Å²) in [5.41, 5.74) is -1.86. The smallest absolute Gasteiger partial charge is 0.385 e. The van der Waals surface area contributed by atoms with Crippen molar-refractivity contribution in [2.45, 2.75) is 19.0 Å². The number of rotatable bonds is 4. The zero-order chi connectivity index (χ0) is 15.5. The minimum absolute atomic E-state index is 0.270. The molecule has 2 rings (SSSR count). The predicted octanol–water partition coefficient (Wildman–Crippen LogP) is 4.17. The molecule has 0 saturated carbocycles. The standard InChI is InChI=1S/C13H15F3N2O2S/c14-13(15,16)11-7-10(1-2-12(11)18(19)20)17-8-9-3-5-21-6-4-9/h1-2,7,9,17H,3-6,8H2. The van der Waals surface area contributed by atoms with Crippen molar-refractivity contribution in [1.29, 1.82) is 0 Å². The number of nitrogens with one attached hydrogen (secondary N) is 1. The molecule has 8 heteroatoms. The summed E-state index contributed by atoms with van der Waals surface area (Å²) in [5.74, 6) is 2.58. The van der Waals surface area contributed by atoms with Crippen molar-refractivity contribution < 1.29 is 18.1 Å². The van der Waals surface area contributed by atoms with Crippen LogP contribution in [0.2, 0.25) is 0 Å². The first-order chi connectivity index (χ1) is 9.88. The van der Waals surface area contributed by atoms with E-state index in [1.54, 1.807) is 0 Å². The van der Waals surface area contributed by atoms with Gasteiger partial charge in [-0.2, -0.15) is 24.9 Å². The van der Waals surface area contributed by atoms with Crippen molar-refractivity contribution in [3.8, 4) is 0 Å². The summed E-state index contributed by atoms with van der Waals surface area (Å²) in [6, 6.07) is 3.04. The number of anilines is 1. The summed E-state index contributed by atoms with van der Waals surface area (Å²) in [5, 5.41) is 13.6. The quantitative estimate of drug-likeness (QED) is 0.668. The highest BCUT2D eigenvalue weighted by Crippen LogP contribution is 2.37. The molecule has 1 aliphatic rings. The first-order valence-corrected chi connectivity index (χ1v) is 7.70. The SMILES string of the molecule is O=[N+]([O-])c1ccc(NCC2CCSCC2)cc1C(F)(F)F. The molecular weight excluding hydrogens is 305 g/mol. The summed E-state index contributed by atoms with van der Waals surface area (Å²) in [6.07, 6.45) is -2.66. The fraction of sp³-hybridized carbons (Fsp3) is 0.538. The Hall–Kier alpha value is -1.44. The second-order valence-corrected chi connectivity index (χ2v) is 6.15. The van der Waals surface area contributed by atoms with Gasteiger partial charge in [-0.15, -0.1) is 0 Å². The number of nitro benzene ring substituents is 1. The molecule has 0 aromatic heterocycles. The molecule has 1 aromatic rings. The van der Waals surface area contributed by atoms with Crippen molar-refractivity contribution in [2.75, 3.05) is 23.4 Å². The second-order valence-electron chi connectivity index (χ2n) is 4.92. The monoisotopic (exact) mass is 320 g/mol. The molecule has 4 nitrogen and oxygen atoms in total. The maximum absolute atomic E-state index is 12.8. The molecule has 1 aliphatic heterocycles. The van der Waals surface area contributed by atoms with Crippen LogP contribution in [0.4, 0.5) is 24.5 Å². The molecule has 1 heterocycles. The Kier molecular flexibility index (Phi) is 4.97. The van der Waals surface area contributed by atoms with E-state index in [2.05, 4.69) is 5.32 Å². The molecule has 1 N–H and O–H groups in total. The Balaban J connectivity index is 2.11. The number of halogens is 3. The van der Waals surface area contributed by atoms with Crippen LogP contribution in [0.5, 0.6) is 0 Å². The van der Waals surface area contributed by atoms with Gasteiger partial charge >= 0.3 is 6.18 Å². The van der Waals surface area contributed by atoms with E-state index in [9.17, 15) is 23.3 Å². The number of benzene rings is 1. The van der Waals surface area contributed by atoms with E-state index in [1.165, 1.54) is 6.07 Å². The number of hydrogen-bond donors (Lipinski definition) is 1. The largest absolute Gasteiger partial charge is 0.423 e. The van der Waals surface area contributed by atoms with Crippen LogP contribution in [0.25, 0.3) is 0 Å². The van der Waals surface area contributed by atoms with E-state index in [0.717, 1.165) is 36.5 Å². The normalized spacial score (nSPS) is 16.7. The lowest BCUT2D eigenvalue weighted by molar-refractivity contribution is -0.388. The fourth-order valence-corrected chi connectivity index (χ4v) is 3.45. The van der Waals surface area contributed by atoms with Crippen LogP contribution in [0, 0.1) is 16.0 Å². The van der Waals surface area contributed by atoms with Gasteiger partial charge in [-0.05, 0) is 42.4 Å². The summed E-state index contributed by atoms with van der Waals surface area (Å²) >= 11 is 1.88. The molecular formula is C13H15F3N2O2S. The van der Waals surface area contributed by atoms with Crippen LogP contribution in [-0.4, -0.2) is 23.0 Å². The molecule has 0 amide bonds. The molecule has 116 valence electrons. The van der Waals surface area contributed by atoms with Gasteiger partial charge < -0.3 is 5.32 Å². The number of alkyl halides is 3. The number of nitro groups is 1. The Bertz CT molecular complexity index is 517. The number of hydrogen-bond acceptors (Lipinski definition) is 4. The molecule has 0 aliphatic carbocycles. The molecule has 0 bridgehead atoms. The van der Waals surface area contributed by atoms with Gasteiger partial charge in [0, 0.05) is 18.3 Å². The minimum Gasteiger partial charge on any atom is -0.385 e. The molecule has 0 unspecified atom stereocenters. The van der Waals surface area contributed by atoms with Gasteiger partial charge in [0.05, 0.1) is 4.92 Å². The zero-order valence-electron chi connectivity index (χ0n) is 11.2. The maximum atomic E-state index is 12.8. The van der Waals surface area contributed by atoms with Crippen LogP contribution in [0.1, 0.15) is 18.4 Å². The molecule has 1 fully saturated rings. The fourth-order valence-electron chi connectivity index (χ4n) is 2.24. The van der Waals surface area contributed by atoms with Gasteiger partial charge in [0.1, 0.15) is 5.56 Å². The van der Waals surface area contributed by atoms with Crippen LogP contribution in [-0.2, 0) is 6.18 Å². The third kappa shape index (κ3) is 4.26. The summed E-state index contributed by atoms with van der Waals surface area (Å²) in [7, 11) is 0.